The summed E-state index contributed by atoms with van der Waals surface area (Å²) >= 11 is 0. The molecule has 0 radical (unpaired) electrons. The third-order valence-electron chi connectivity index (χ3n) is 3.75. The summed E-state index contributed by atoms with van der Waals surface area (Å²) in [5.41, 5.74) is 1.15. The van der Waals surface area contributed by atoms with E-state index in [0.29, 0.717) is 5.78 Å². The fraction of sp³-hybridized carbons (Fsp3) is 0.588. The van der Waals surface area contributed by atoms with Crippen molar-refractivity contribution in [2.75, 3.05) is 7.11 Å². The predicted molar refractivity (Wildman–Crippen MR) is 79.4 cm³/mol. The second-order valence-electron chi connectivity index (χ2n) is 5.76. The Morgan fingerprint density at radius 3 is 2.70 bits per heavy atom. The summed E-state index contributed by atoms with van der Waals surface area (Å²) < 4.78 is 11.1. The lowest BCUT2D eigenvalue weighted by molar-refractivity contribution is -0.124. The molecule has 110 valence electrons. The van der Waals surface area contributed by atoms with Gasteiger partial charge in [-0.15, -0.1) is 0 Å². The molecule has 1 aromatic rings. The molecule has 0 amide bonds. The molecule has 1 fully saturated rings. The Morgan fingerprint density at radius 1 is 1.25 bits per heavy atom. The molecule has 1 aliphatic carbocycles. The third kappa shape index (κ3) is 3.75. The highest BCUT2D eigenvalue weighted by Crippen LogP contribution is 2.31. The fourth-order valence-electron chi connectivity index (χ4n) is 2.75. The zero-order valence-electron chi connectivity index (χ0n) is 12.6. The number of carbonyl (C=O) groups excluding carboxylic acids is 1. The normalized spacial score (nSPS) is 19.2. The number of methoxy groups -OCH3 is 1. The molecule has 0 aliphatic heterocycles. The van der Waals surface area contributed by atoms with Crippen LogP contribution >= 0.6 is 0 Å². The van der Waals surface area contributed by atoms with Crippen molar-refractivity contribution >= 4 is 5.78 Å². The number of benzene rings is 1. The van der Waals surface area contributed by atoms with Crippen molar-refractivity contribution < 1.29 is 14.3 Å². The summed E-state index contributed by atoms with van der Waals surface area (Å²) in [6.07, 6.45) is 4.93. The lowest BCUT2D eigenvalue weighted by atomic mass is 9.84. The summed E-state index contributed by atoms with van der Waals surface area (Å²) in [6, 6.07) is 5.99. The van der Waals surface area contributed by atoms with Crippen molar-refractivity contribution in [3.8, 4) is 11.5 Å². The van der Waals surface area contributed by atoms with Crippen molar-refractivity contribution in [1.82, 2.24) is 0 Å². The first-order chi connectivity index (χ1) is 9.60. The Kier molecular flexibility index (Phi) is 5.05. The highest BCUT2D eigenvalue weighted by molar-refractivity contribution is 5.81. The molecule has 1 unspecified atom stereocenters. The number of hydrogen-bond acceptors (Lipinski definition) is 3. The fourth-order valence-corrected chi connectivity index (χ4v) is 2.75. The molecule has 0 heterocycles. The SMILES string of the molecule is COc1cc(CC2CCCCC2=O)ccc1OC(C)C. The first kappa shape index (κ1) is 14.9. The quantitative estimate of drug-likeness (QED) is 0.821. The largest absolute Gasteiger partial charge is 0.493 e. The first-order valence-electron chi connectivity index (χ1n) is 7.46. The molecule has 0 aromatic heterocycles. The smallest absolute Gasteiger partial charge is 0.161 e. The second-order valence-corrected chi connectivity index (χ2v) is 5.76. The maximum Gasteiger partial charge on any atom is 0.161 e. The molecule has 1 aliphatic rings. The number of Topliss-reactive ketones (excluding diaryl/α,β-unsaturated/α-hetero) is 1. The first-order valence-corrected chi connectivity index (χ1v) is 7.46. The highest BCUT2D eigenvalue weighted by atomic mass is 16.5. The average Bonchev–Trinajstić information content (AvgIpc) is 2.42. The van der Waals surface area contributed by atoms with Gasteiger partial charge in [-0.1, -0.05) is 12.5 Å². The molecule has 2 rings (SSSR count). The molecule has 1 saturated carbocycles. The molecule has 3 nitrogen and oxygen atoms in total. The van der Waals surface area contributed by atoms with Crippen LogP contribution in [0, 0.1) is 5.92 Å². The molecule has 1 atom stereocenters. The summed E-state index contributed by atoms with van der Waals surface area (Å²) in [5.74, 6) is 2.11. The molecule has 0 spiro atoms. The van der Waals surface area contributed by atoms with E-state index in [0.717, 1.165) is 42.7 Å². The van der Waals surface area contributed by atoms with Crippen LogP contribution in [0.3, 0.4) is 0 Å². The molecule has 3 heteroatoms. The summed E-state index contributed by atoms with van der Waals surface area (Å²) in [5, 5.41) is 0. The predicted octanol–water partition coefficient (Wildman–Crippen LogP) is 3.78. The molecule has 20 heavy (non-hydrogen) atoms. The highest BCUT2D eigenvalue weighted by Gasteiger charge is 2.22. The van der Waals surface area contributed by atoms with Crippen LogP contribution in [0.1, 0.15) is 45.1 Å². The number of hydrogen-bond donors (Lipinski definition) is 0. The monoisotopic (exact) mass is 276 g/mol. The molecular weight excluding hydrogens is 252 g/mol. The summed E-state index contributed by atoms with van der Waals surface area (Å²) in [7, 11) is 1.65. The maximum absolute atomic E-state index is 11.9. The number of carbonyl (C=O) groups is 1. The van der Waals surface area contributed by atoms with Gasteiger partial charge < -0.3 is 9.47 Å². The Labute approximate surface area is 121 Å². The minimum atomic E-state index is 0.120. The number of ether oxygens (including phenoxy) is 2. The van der Waals surface area contributed by atoms with Crippen LogP contribution in [-0.2, 0) is 11.2 Å². The topological polar surface area (TPSA) is 35.5 Å². The van der Waals surface area contributed by atoms with E-state index in [-0.39, 0.29) is 12.0 Å². The van der Waals surface area contributed by atoms with Crippen molar-refractivity contribution in [2.24, 2.45) is 5.92 Å². The van der Waals surface area contributed by atoms with Crippen LogP contribution in [0.5, 0.6) is 11.5 Å². The van der Waals surface area contributed by atoms with E-state index >= 15 is 0 Å². The molecule has 0 N–H and O–H groups in total. The van der Waals surface area contributed by atoms with E-state index in [2.05, 4.69) is 0 Å². The molecule has 0 saturated heterocycles. The number of rotatable bonds is 5. The van der Waals surface area contributed by atoms with E-state index in [1.807, 2.05) is 32.0 Å². The number of ketones is 1. The van der Waals surface area contributed by atoms with E-state index in [9.17, 15) is 4.79 Å². The Balaban J connectivity index is 2.10. The van der Waals surface area contributed by atoms with Crippen LogP contribution in [0.25, 0.3) is 0 Å². The van der Waals surface area contributed by atoms with Crippen molar-refractivity contribution in [2.45, 2.75) is 52.1 Å². The van der Waals surface area contributed by atoms with E-state index in [1.165, 1.54) is 6.42 Å². The van der Waals surface area contributed by atoms with Crippen LogP contribution in [0.2, 0.25) is 0 Å². The Hall–Kier alpha value is -1.51. The van der Waals surface area contributed by atoms with Crippen molar-refractivity contribution in [1.29, 1.82) is 0 Å². The van der Waals surface area contributed by atoms with Gasteiger partial charge in [-0.3, -0.25) is 4.79 Å². The lowest BCUT2D eigenvalue weighted by Crippen LogP contribution is -2.21. The third-order valence-corrected chi connectivity index (χ3v) is 3.75. The van der Waals surface area contributed by atoms with E-state index in [1.54, 1.807) is 7.11 Å². The Bertz CT molecular complexity index is 465. The van der Waals surface area contributed by atoms with Crippen LogP contribution in [0.4, 0.5) is 0 Å². The van der Waals surface area contributed by atoms with Gasteiger partial charge in [0.25, 0.3) is 0 Å². The molecule has 0 bridgehead atoms. The zero-order valence-corrected chi connectivity index (χ0v) is 12.6. The van der Waals surface area contributed by atoms with Gasteiger partial charge in [-0.2, -0.15) is 0 Å². The van der Waals surface area contributed by atoms with Gasteiger partial charge in [-0.05, 0) is 50.8 Å². The summed E-state index contributed by atoms with van der Waals surface area (Å²) in [6.45, 7) is 3.99. The Morgan fingerprint density at radius 2 is 2.05 bits per heavy atom. The zero-order chi connectivity index (χ0) is 14.5. The molecule has 1 aromatic carbocycles. The van der Waals surface area contributed by atoms with Gasteiger partial charge in [-0.25, -0.2) is 0 Å². The summed E-state index contributed by atoms with van der Waals surface area (Å²) in [4.78, 5) is 11.9. The van der Waals surface area contributed by atoms with Gasteiger partial charge in [0.2, 0.25) is 0 Å². The van der Waals surface area contributed by atoms with E-state index < -0.39 is 0 Å². The van der Waals surface area contributed by atoms with Gasteiger partial charge in [0.15, 0.2) is 11.5 Å². The van der Waals surface area contributed by atoms with Gasteiger partial charge in [0.1, 0.15) is 5.78 Å². The van der Waals surface area contributed by atoms with Crippen LogP contribution in [0.15, 0.2) is 18.2 Å². The lowest BCUT2D eigenvalue weighted by Gasteiger charge is -2.21. The second kappa shape index (κ2) is 6.78. The minimum absolute atomic E-state index is 0.120. The average molecular weight is 276 g/mol. The van der Waals surface area contributed by atoms with E-state index in [4.69, 9.17) is 9.47 Å². The minimum Gasteiger partial charge on any atom is -0.493 e. The van der Waals surface area contributed by atoms with Gasteiger partial charge in [0, 0.05) is 12.3 Å². The van der Waals surface area contributed by atoms with Crippen LogP contribution < -0.4 is 9.47 Å². The van der Waals surface area contributed by atoms with Crippen LogP contribution in [-0.4, -0.2) is 19.0 Å². The maximum atomic E-state index is 11.9. The van der Waals surface area contributed by atoms with Gasteiger partial charge >= 0.3 is 0 Å². The standard InChI is InChI=1S/C17H24O3/c1-12(2)20-16-9-8-13(11-17(16)19-3)10-14-6-4-5-7-15(14)18/h8-9,11-12,14H,4-7,10H2,1-3H3. The van der Waals surface area contributed by atoms with Crippen molar-refractivity contribution in [3.05, 3.63) is 23.8 Å². The molecular formula is C17H24O3. The van der Waals surface area contributed by atoms with Gasteiger partial charge in [0.05, 0.1) is 13.2 Å². The van der Waals surface area contributed by atoms with Crippen molar-refractivity contribution in [3.63, 3.8) is 0 Å².